The minimum Gasteiger partial charge on any atom is -0.361 e. The van der Waals surface area contributed by atoms with E-state index in [1.807, 2.05) is 38.1 Å². The highest BCUT2D eigenvalue weighted by Gasteiger charge is 2.23. The maximum atomic E-state index is 5.81. The van der Waals surface area contributed by atoms with Gasteiger partial charge in [-0.2, -0.15) is 0 Å². The summed E-state index contributed by atoms with van der Waals surface area (Å²) in [5.74, 6) is 0.748. The average Bonchev–Trinajstić information content (AvgIpc) is 4.09. The lowest BCUT2D eigenvalue weighted by Gasteiger charge is -2.07. The maximum absolute atomic E-state index is 5.81. The first kappa shape index (κ1) is 32.3. The van der Waals surface area contributed by atoms with Crippen LogP contribution in [0.3, 0.4) is 0 Å². The van der Waals surface area contributed by atoms with Gasteiger partial charge in [-0.25, -0.2) is 9.97 Å². The zero-order chi connectivity index (χ0) is 36.9. The molecule has 2 aliphatic rings. The van der Waals surface area contributed by atoms with Crippen LogP contribution >= 0.6 is 0 Å². The third-order valence-corrected chi connectivity index (χ3v) is 10.4. The molecule has 0 spiro atoms. The monoisotopic (exact) mass is 709 g/mol. The molecular weight excluding hydrogens is 675 g/mol. The fraction of sp³-hybridized carbons (Fsp3) is 0.0408. The van der Waals surface area contributed by atoms with Crippen LogP contribution in [0, 0.1) is 13.8 Å². The SMILES string of the molecule is Cc1noc(C)c1-c1cc2[nH]c1c(-c1ccccc1)c1nc(c(-c3ccccc3)c3ccc([nH]3)c(-c3ccccc3)c3nc(c2-c2ccccc2)C=C3)C=C1. The van der Waals surface area contributed by atoms with Crippen LogP contribution in [0.1, 0.15) is 34.2 Å². The van der Waals surface area contributed by atoms with Crippen LogP contribution in [0.25, 0.3) is 102 Å². The van der Waals surface area contributed by atoms with Gasteiger partial charge in [-0.1, -0.05) is 126 Å². The van der Waals surface area contributed by atoms with E-state index in [-0.39, 0.29) is 0 Å². The topological polar surface area (TPSA) is 83.4 Å². The summed E-state index contributed by atoms with van der Waals surface area (Å²) in [5.41, 5.74) is 18.2. The van der Waals surface area contributed by atoms with E-state index in [9.17, 15) is 0 Å². The van der Waals surface area contributed by atoms with Crippen molar-refractivity contribution in [1.29, 1.82) is 0 Å². The first-order valence-electron chi connectivity index (χ1n) is 18.5. The molecule has 6 heteroatoms. The zero-order valence-electron chi connectivity index (χ0n) is 30.3. The van der Waals surface area contributed by atoms with E-state index in [2.05, 4.69) is 155 Å². The van der Waals surface area contributed by atoms with Crippen molar-refractivity contribution < 1.29 is 4.52 Å². The van der Waals surface area contributed by atoms with Crippen LogP contribution in [-0.4, -0.2) is 25.1 Å². The average molecular weight is 710 g/mol. The molecular formula is C49H35N5O. The standard InChI is InChI=1S/C49H35N5O/c1-30-44(31(2)55-54-30)36-29-43-47(34-19-11-5-12-20-34)41-26-25-39(51-41)45(32-15-7-3-8-16-32)37-23-24-38(50-37)46(33-17-9-4-10-18-33)40-27-28-42(52-40)48(49(36)53-43)35-21-13-6-14-22-35/h3-29,50,53H,1-2H3. The van der Waals surface area contributed by atoms with Crippen molar-refractivity contribution in [1.82, 2.24) is 25.1 Å². The van der Waals surface area contributed by atoms with Gasteiger partial charge in [0.2, 0.25) is 0 Å². The number of hydrogen-bond acceptors (Lipinski definition) is 4. The zero-order valence-corrected chi connectivity index (χ0v) is 30.3. The number of aromatic amines is 2. The van der Waals surface area contributed by atoms with E-state index < -0.39 is 0 Å². The molecule has 0 amide bonds. The number of aryl methyl sites for hydroxylation is 2. The Morgan fingerprint density at radius 2 is 0.818 bits per heavy atom. The second-order valence-electron chi connectivity index (χ2n) is 13.9. The van der Waals surface area contributed by atoms with Crippen LogP contribution in [0.2, 0.25) is 0 Å². The molecule has 6 heterocycles. The van der Waals surface area contributed by atoms with E-state index in [1.165, 1.54) is 0 Å². The predicted molar refractivity (Wildman–Crippen MR) is 226 cm³/mol. The van der Waals surface area contributed by atoms with Crippen molar-refractivity contribution in [2.45, 2.75) is 13.8 Å². The lowest BCUT2D eigenvalue weighted by Crippen LogP contribution is -1.90. The first-order chi connectivity index (χ1) is 27.1. The highest BCUT2D eigenvalue weighted by molar-refractivity contribution is 6.04. The molecule has 4 aromatic carbocycles. The number of hydrogen-bond donors (Lipinski definition) is 2. The molecule has 2 aliphatic heterocycles. The van der Waals surface area contributed by atoms with Crippen LogP contribution in [0.15, 0.2) is 144 Å². The molecule has 0 radical (unpaired) electrons. The highest BCUT2D eigenvalue weighted by atomic mass is 16.5. The summed E-state index contributed by atoms with van der Waals surface area (Å²) >= 11 is 0. The van der Waals surface area contributed by atoms with E-state index >= 15 is 0 Å². The second kappa shape index (κ2) is 13.3. The number of benzene rings is 4. The molecule has 2 N–H and O–H groups in total. The Kier molecular flexibility index (Phi) is 7.81. The molecule has 8 bridgehead atoms. The molecule has 4 aromatic heterocycles. The minimum atomic E-state index is 0.748. The van der Waals surface area contributed by atoms with Crippen molar-refractivity contribution in [2.24, 2.45) is 0 Å². The van der Waals surface area contributed by atoms with Crippen LogP contribution < -0.4 is 0 Å². The number of H-pyrrole nitrogens is 2. The lowest BCUT2D eigenvalue weighted by molar-refractivity contribution is 0.393. The number of rotatable bonds is 5. The van der Waals surface area contributed by atoms with Crippen LogP contribution in [-0.2, 0) is 0 Å². The highest BCUT2D eigenvalue weighted by Crippen LogP contribution is 2.42. The lowest BCUT2D eigenvalue weighted by atomic mass is 9.98. The number of nitrogens with zero attached hydrogens (tertiary/aromatic N) is 3. The van der Waals surface area contributed by atoms with E-state index in [0.717, 1.165) is 112 Å². The van der Waals surface area contributed by atoms with Gasteiger partial charge in [-0.05, 0) is 78.6 Å². The van der Waals surface area contributed by atoms with Gasteiger partial charge in [-0.15, -0.1) is 0 Å². The molecule has 10 rings (SSSR count). The number of nitrogens with one attached hydrogen (secondary N) is 2. The summed E-state index contributed by atoms with van der Waals surface area (Å²) < 4.78 is 5.81. The summed E-state index contributed by atoms with van der Waals surface area (Å²) in [6.07, 6.45) is 8.53. The van der Waals surface area contributed by atoms with Gasteiger partial charge in [0.1, 0.15) is 5.76 Å². The quantitative estimate of drug-likeness (QED) is 0.186. The molecule has 0 aliphatic carbocycles. The minimum absolute atomic E-state index is 0.748. The van der Waals surface area contributed by atoms with E-state index in [0.29, 0.717) is 0 Å². The Labute approximate surface area is 318 Å². The van der Waals surface area contributed by atoms with Crippen molar-refractivity contribution in [3.63, 3.8) is 0 Å². The van der Waals surface area contributed by atoms with Crippen LogP contribution in [0.5, 0.6) is 0 Å². The van der Waals surface area contributed by atoms with E-state index in [1.54, 1.807) is 0 Å². The van der Waals surface area contributed by atoms with Crippen molar-refractivity contribution >= 4 is 46.4 Å². The fourth-order valence-electron chi connectivity index (χ4n) is 7.98. The van der Waals surface area contributed by atoms with Gasteiger partial charge in [0.15, 0.2) is 0 Å². The number of aromatic nitrogens is 5. The molecule has 8 aromatic rings. The number of fused-ring (bicyclic) bond motifs is 8. The predicted octanol–water partition coefficient (Wildman–Crippen LogP) is 12.6. The normalized spacial score (nSPS) is 12.0. The Hall–Kier alpha value is -7.31. The molecule has 0 unspecified atom stereocenters. The van der Waals surface area contributed by atoms with Gasteiger partial charge >= 0.3 is 0 Å². The third kappa shape index (κ3) is 5.63. The summed E-state index contributed by atoms with van der Waals surface area (Å²) in [7, 11) is 0. The van der Waals surface area contributed by atoms with Gasteiger partial charge < -0.3 is 14.5 Å². The Morgan fingerprint density at radius 3 is 1.24 bits per heavy atom. The Morgan fingerprint density at radius 1 is 0.418 bits per heavy atom. The van der Waals surface area contributed by atoms with Gasteiger partial charge in [0.25, 0.3) is 0 Å². The van der Waals surface area contributed by atoms with E-state index in [4.69, 9.17) is 14.5 Å². The molecule has 0 saturated heterocycles. The molecule has 6 nitrogen and oxygen atoms in total. The molecule has 262 valence electrons. The summed E-state index contributed by atoms with van der Waals surface area (Å²) in [6, 6.07) is 48.5. The molecule has 0 saturated carbocycles. The molecule has 0 atom stereocenters. The maximum Gasteiger partial charge on any atom is 0.141 e. The Bertz CT molecular complexity index is 2950. The van der Waals surface area contributed by atoms with Crippen molar-refractivity contribution in [2.75, 3.05) is 0 Å². The van der Waals surface area contributed by atoms with Crippen molar-refractivity contribution in [3.05, 3.63) is 174 Å². The molecule has 0 fully saturated rings. The van der Waals surface area contributed by atoms with Gasteiger partial charge in [0, 0.05) is 49.9 Å². The Balaban J connectivity index is 1.46. The third-order valence-electron chi connectivity index (χ3n) is 10.4. The summed E-state index contributed by atoms with van der Waals surface area (Å²) in [4.78, 5) is 18.7. The van der Waals surface area contributed by atoms with Crippen molar-refractivity contribution in [3.8, 4) is 55.6 Å². The first-order valence-corrected chi connectivity index (χ1v) is 18.5. The fourth-order valence-corrected chi connectivity index (χ4v) is 7.98. The summed E-state index contributed by atoms with van der Waals surface area (Å²) in [5, 5.41) is 4.40. The molecule has 55 heavy (non-hydrogen) atoms. The summed E-state index contributed by atoms with van der Waals surface area (Å²) in [6.45, 7) is 3.97. The largest absolute Gasteiger partial charge is 0.361 e. The smallest absolute Gasteiger partial charge is 0.141 e. The second-order valence-corrected chi connectivity index (χ2v) is 13.9. The van der Waals surface area contributed by atoms with Gasteiger partial charge in [-0.3, -0.25) is 0 Å². The van der Waals surface area contributed by atoms with Crippen LogP contribution in [0.4, 0.5) is 0 Å². The van der Waals surface area contributed by atoms with Gasteiger partial charge in [0.05, 0.1) is 34.0 Å².